The molecule has 258 valence electrons. The zero-order valence-corrected chi connectivity index (χ0v) is 27.4. The van der Waals surface area contributed by atoms with E-state index < -0.39 is 51.7 Å². The Labute approximate surface area is 283 Å². The Bertz CT molecular complexity index is 2100. The van der Waals surface area contributed by atoms with Crippen molar-refractivity contribution >= 4 is 55.9 Å². The average Bonchev–Trinajstić information content (AvgIpc) is 3.06. The van der Waals surface area contributed by atoms with Crippen LogP contribution in [-0.4, -0.2) is 50.9 Å². The molecule has 0 saturated carbocycles. The number of carbonyl (C=O) groups excluding carboxylic acids is 2. The van der Waals surface area contributed by atoms with Crippen LogP contribution in [0.2, 0.25) is 0 Å². The van der Waals surface area contributed by atoms with E-state index in [1.54, 1.807) is 0 Å². The van der Waals surface area contributed by atoms with Crippen molar-refractivity contribution in [3.63, 3.8) is 0 Å². The molecule has 4 aromatic rings. The van der Waals surface area contributed by atoms with Crippen molar-refractivity contribution in [2.24, 2.45) is 10.2 Å². The average molecular weight is 725 g/mol. The molecule has 0 aliphatic rings. The smallest absolute Gasteiger partial charge is 0.339 e. The van der Waals surface area contributed by atoms with Crippen LogP contribution >= 0.6 is 0 Å². The molecule has 0 aliphatic heterocycles. The Morgan fingerprint density at radius 2 is 0.960 bits per heavy atom. The fraction of sp³-hybridized carbons (Fsp3) is 0.0667. The van der Waals surface area contributed by atoms with Gasteiger partial charge < -0.3 is 8.37 Å². The first-order chi connectivity index (χ1) is 23.6. The van der Waals surface area contributed by atoms with E-state index >= 15 is 0 Å². The van der Waals surface area contributed by atoms with Gasteiger partial charge >= 0.3 is 32.1 Å². The van der Waals surface area contributed by atoms with Gasteiger partial charge in [-0.1, -0.05) is 12.1 Å². The molecule has 0 spiro atoms. The van der Waals surface area contributed by atoms with Crippen molar-refractivity contribution in [3.8, 4) is 11.5 Å². The number of aryl methyl sites for hydroxylation is 2. The Morgan fingerprint density at radius 3 is 1.28 bits per heavy atom. The number of nitro benzene ring substituents is 2. The summed E-state index contributed by atoms with van der Waals surface area (Å²) < 4.78 is 60.3. The summed E-state index contributed by atoms with van der Waals surface area (Å²) >= 11 is 0. The third kappa shape index (κ3) is 9.29. The number of nitrogens with zero attached hydrogens (tertiary/aromatic N) is 4. The molecule has 50 heavy (non-hydrogen) atoms. The summed E-state index contributed by atoms with van der Waals surface area (Å²) in [5.74, 6) is -2.56. The summed E-state index contributed by atoms with van der Waals surface area (Å²) in [6.07, 6.45) is 2.31. The first kappa shape index (κ1) is 36.3. The predicted molar refractivity (Wildman–Crippen MR) is 176 cm³/mol. The molecule has 0 aliphatic carbocycles. The maximum absolute atomic E-state index is 12.6. The molecule has 0 aromatic heterocycles. The highest BCUT2D eigenvalue weighted by molar-refractivity contribution is 7.87. The lowest BCUT2D eigenvalue weighted by Crippen LogP contribution is -2.35. The molecule has 0 heterocycles. The molecule has 4 rings (SSSR count). The first-order valence-corrected chi connectivity index (χ1v) is 16.6. The maximum atomic E-state index is 12.6. The number of hydrogen-bond acceptors (Lipinski definition) is 14. The van der Waals surface area contributed by atoms with E-state index in [-0.39, 0.29) is 34.0 Å². The van der Waals surface area contributed by atoms with Gasteiger partial charge in [0.1, 0.15) is 21.3 Å². The van der Waals surface area contributed by atoms with Crippen LogP contribution in [0.1, 0.15) is 22.3 Å². The molecule has 18 nitrogen and oxygen atoms in total. The van der Waals surface area contributed by atoms with Gasteiger partial charge in [0.2, 0.25) is 0 Å². The van der Waals surface area contributed by atoms with Gasteiger partial charge in [-0.2, -0.15) is 27.0 Å². The van der Waals surface area contributed by atoms with E-state index in [9.17, 15) is 46.7 Å². The zero-order valence-electron chi connectivity index (χ0n) is 25.7. The highest BCUT2D eigenvalue weighted by Crippen LogP contribution is 2.26. The number of amides is 2. The van der Waals surface area contributed by atoms with E-state index in [0.29, 0.717) is 11.1 Å². The summed E-state index contributed by atoms with van der Waals surface area (Å²) in [6.45, 7) is 2.93. The molecule has 4 aromatic carbocycles. The third-order valence-electron chi connectivity index (χ3n) is 6.47. The molecule has 0 radical (unpaired) electrons. The lowest BCUT2D eigenvalue weighted by atomic mass is 10.2. The van der Waals surface area contributed by atoms with Crippen LogP contribution in [0.3, 0.4) is 0 Å². The minimum Gasteiger partial charge on any atom is -0.379 e. The SMILES string of the molecule is Cc1ccc(S(=O)(=O)Oc2ccc(/C=N\NC(=O)C(=O)N/N=C\c3ccc(OS(=O)(=O)c4ccc(C)c([N+](=O)[O-])c4)cc3)cc2)cc1[N+](=O)[O-]. The van der Waals surface area contributed by atoms with Gasteiger partial charge in [0, 0.05) is 23.3 Å². The number of rotatable bonds is 12. The van der Waals surface area contributed by atoms with Crippen LogP contribution < -0.4 is 19.2 Å². The van der Waals surface area contributed by atoms with Gasteiger partial charge in [0.25, 0.3) is 11.4 Å². The van der Waals surface area contributed by atoms with Crippen LogP contribution in [0, 0.1) is 34.1 Å². The minimum absolute atomic E-state index is 0.102. The quantitative estimate of drug-likeness (QED) is 0.0702. The second-order valence-corrected chi connectivity index (χ2v) is 13.1. The lowest BCUT2D eigenvalue weighted by Gasteiger charge is -2.08. The second-order valence-electron chi connectivity index (χ2n) is 10.0. The van der Waals surface area contributed by atoms with Crippen molar-refractivity contribution in [1.82, 2.24) is 10.9 Å². The standard InChI is InChI=1S/C30H24N6O12S2/c1-19-3-13-25(15-27(19)35(39)40)49(43,44)47-23-9-5-21(6-10-23)17-31-33-29(37)30(38)34-32-18-22-7-11-24(12-8-22)48-50(45,46)26-14-4-20(2)28(16-26)36(41)42/h3-18H,1-2H3,(H,33,37)(H,34,38)/b31-17-,32-18-. The first-order valence-electron chi connectivity index (χ1n) is 13.8. The number of nitro groups is 2. The van der Waals surface area contributed by atoms with Crippen molar-refractivity contribution in [1.29, 1.82) is 0 Å². The third-order valence-corrected chi connectivity index (χ3v) is 8.96. The van der Waals surface area contributed by atoms with E-state index in [0.717, 1.165) is 24.6 Å². The number of nitrogens with one attached hydrogen (secondary N) is 2. The number of carbonyl (C=O) groups is 2. The van der Waals surface area contributed by atoms with Gasteiger partial charge in [0.05, 0.1) is 22.3 Å². The molecule has 2 N–H and O–H groups in total. The fourth-order valence-electron chi connectivity index (χ4n) is 3.88. The molecule has 0 unspecified atom stereocenters. The summed E-state index contributed by atoms with van der Waals surface area (Å²) in [5, 5.41) is 29.5. The van der Waals surface area contributed by atoms with Crippen LogP contribution in [0.4, 0.5) is 11.4 Å². The molecular formula is C30H24N6O12S2. The fourth-order valence-corrected chi connectivity index (χ4v) is 5.79. The van der Waals surface area contributed by atoms with Crippen molar-refractivity contribution in [2.45, 2.75) is 23.6 Å². The second kappa shape index (κ2) is 15.1. The van der Waals surface area contributed by atoms with Crippen LogP contribution in [0.5, 0.6) is 11.5 Å². The van der Waals surface area contributed by atoms with Gasteiger partial charge in [-0.25, -0.2) is 10.9 Å². The summed E-state index contributed by atoms with van der Waals surface area (Å²) in [5.41, 5.74) is 4.51. The van der Waals surface area contributed by atoms with Gasteiger partial charge in [0.15, 0.2) is 0 Å². The van der Waals surface area contributed by atoms with E-state index in [2.05, 4.69) is 10.2 Å². The lowest BCUT2D eigenvalue weighted by molar-refractivity contribution is -0.385. The Kier molecular flexibility index (Phi) is 11.0. The van der Waals surface area contributed by atoms with E-state index in [1.165, 1.54) is 86.6 Å². The van der Waals surface area contributed by atoms with Gasteiger partial charge in [-0.15, -0.1) is 0 Å². The maximum Gasteiger partial charge on any atom is 0.339 e. The molecule has 0 saturated heterocycles. The molecule has 20 heteroatoms. The van der Waals surface area contributed by atoms with E-state index in [1.807, 2.05) is 10.9 Å². The van der Waals surface area contributed by atoms with Crippen molar-refractivity contribution < 1.29 is 44.6 Å². The van der Waals surface area contributed by atoms with Crippen LogP contribution in [0.15, 0.2) is 105 Å². The largest absolute Gasteiger partial charge is 0.379 e. The normalized spacial score (nSPS) is 11.6. The molecule has 0 fully saturated rings. The highest BCUT2D eigenvalue weighted by atomic mass is 32.2. The Balaban J connectivity index is 1.26. The highest BCUT2D eigenvalue weighted by Gasteiger charge is 2.23. The van der Waals surface area contributed by atoms with Crippen molar-refractivity contribution in [2.75, 3.05) is 0 Å². The van der Waals surface area contributed by atoms with Crippen molar-refractivity contribution in [3.05, 3.63) is 127 Å². The zero-order chi connectivity index (χ0) is 36.6. The van der Waals surface area contributed by atoms with E-state index in [4.69, 9.17) is 8.37 Å². The summed E-state index contributed by atoms with van der Waals surface area (Å²) in [7, 11) is -8.76. The number of benzene rings is 4. The predicted octanol–water partition coefficient (Wildman–Crippen LogP) is 3.26. The van der Waals surface area contributed by atoms with Crippen LogP contribution in [-0.2, 0) is 29.8 Å². The number of hydrazone groups is 2. The minimum atomic E-state index is -4.38. The molecule has 0 bridgehead atoms. The van der Waals surface area contributed by atoms with Gasteiger partial charge in [-0.3, -0.25) is 29.8 Å². The monoisotopic (exact) mass is 724 g/mol. The molecule has 2 amide bonds. The van der Waals surface area contributed by atoms with Crippen LogP contribution in [0.25, 0.3) is 0 Å². The number of hydrogen-bond donors (Lipinski definition) is 2. The summed E-state index contributed by atoms with van der Waals surface area (Å²) in [6, 6.07) is 17.4. The molecule has 0 atom stereocenters. The molecular weight excluding hydrogens is 700 g/mol. The van der Waals surface area contributed by atoms with Gasteiger partial charge in [-0.05, 0) is 85.6 Å². The summed E-state index contributed by atoms with van der Waals surface area (Å²) in [4.78, 5) is 44.1. The Morgan fingerprint density at radius 1 is 0.620 bits per heavy atom. The Hall–Kier alpha value is -6.54. The topological polar surface area (TPSA) is 256 Å².